The Bertz CT molecular complexity index is 481. The molecule has 1 atom stereocenters. The highest BCUT2D eigenvalue weighted by molar-refractivity contribution is 6.28. The molecule has 1 aliphatic heterocycles. The second-order valence-electron chi connectivity index (χ2n) is 3.89. The van der Waals surface area contributed by atoms with Gasteiger partial charge in [0.05, 0.1) is 6.54 Å². The smallest absolute Gasteiger partial charge is 0.321 e. The van der Waals surface area contributed by atoms with E-state index >= 15 is 0 Å². The van der Waals surface area contributed by atoms with Gasteiger partial charge in [-0.15, -0.1) is 11.6 Å². The summed E-state index contributed by atoms with van der Waals surface area (Å²) in [6.45, 7) is 0.566. The quantitative estimate of drug-likeness (QED) is 0.808. The average Bonchev–Trinajstić information content (AvgIpc) is 2.44. The standard InChI is InChI=1S/C12H13ClN2O4/c13-5-11(16)15-12(17)14-6-8-7-18-9-3-1-2-4-10(9)19-8/h1-4,8H,5-7H2,(H2,14,15,16,17)/t8-/m1/s1. The minimum atomic E-state index is -0.604. The summed E-state index contributed by atoms with van der Waals surface area (Å²) in [5.41, 5.74) is 0. The molecule has 3 amide bonds. The van der Waals surface area contributed by atoms with Gasteiger partial charge in [0, 0.05) is 0 Å². The van der Waals surface area contributed by atoms with E-state index in [1.54, 1.807) is 6.07 Å². The number of imide groups is 1. The zero-order valence-electron chi connectivity index (χ0n) is 10.0. The van der Waals surface area contributed by atoms with Crippen LogP contribution in [0.2, 0.25) is 0 Å². The number of fused-ring (bicyclic) bond motifs is 1. The van der Waals surface area contributed by atoms with Crippen LogP contribution in [0.5, 0.6) is 11.5 Å². The molecule has 0 fully saturated rings. The van der Waals surface area contributed by atoms with Crippen molar-refractivity contribution in [2.24, 2.45) is 0 Å². The van der Waals surface area contributed by atoms with E-state index in [-0.39, 0.29) is 18.5 Å². The van der Waals surface area contributed by atoms with Gasteiger partial charge in [0.2, 0.25) is 5.91 Å². The van der Waals surface area contributed by atoms with Gasteiger partial charge in [-0.2, -0.15) is 0 Å². The summed E-state index contributed by atoms with van der Waals surface area (Å²) in [4.78, 5) is 22.2. The van der Waals surface area contributed by atoms with Gasteiger partial charge in [0.1, 0.15) is 12.5 Å². The van der Waals surface area contributed by atoms with E-state index < -0.39 is 11.9 Å². The molecule has 0 aliphatic carbocycles. The molecule has 0 saturated carbocycles. The number of benzene rings is 1. The van der Waals surface area contributed by atoms with E-state index in [1.807, 2.05) is 18.2 Å². The van der Waals surface area contributed by atoms with Crippen LogP contribution in [0.25, 0.3) is 0 Å². The van der Waals surface area contributed by atoms with Crippen molar-refractivity contribution < 1.29 is 19.1 Å². The first-order chi connectivity index (χ1) is 9.19. The Morgan fingerprint density at radius 2 is 2.05 bits per heavy atom. The number of alkyl halides is 1. The summed E-state index contributed by atoms with van der Waals surface area (Å²) in [5.74, 6) is 0.507. The largest absolute Gasteiger partial charge is 0.486 e. The lowest BCUT2D eigenvalue weighted by Gasteiger charge is -2.26. The molecule has 0 bridgehead atoms. The van der Waals surface area contributed by atoms with E-state index in [9.17, 15) is 9.59 Å². The number of hydrogen-bond donors (Lipinski definition) is 2. The number of carbonyl (C=O) groups excluding carboxylic acids is 2. The maximum Gasteiger partial charge on any atom is 0.321 e. The monoisotopic (exact) mass is 284 g/mol. The lowest BCUT2D eigenvalue weighted by Crippen LogP contribution is -2.46. The van der Waals surface area contributed by atoms with Crippen LogP contribution in [0.3, 0.4) is 0 Å². The number of nitrogens with one attached hydrogen (secondary N) is 2. The molecule has 6 nitrogen and oxygen atoms in total. The Kier molecular flexibility index (Phi) is 4.46. The highest BCUT2D eigenvalue weighted by Crippen LogP contribution is 2.30. The highest BCUT2D eigenvalue weighted by Gasteiger charge is 2.21. The number of urea groups is 1. The molecular formula is C12H13ClN2O4. The lowest BCUT2D eigenvalue weighted by molar-refractivity contribution is -0.117. The first-order valence-electron chi connectivity index (χ1n) is 5.71. The number of halogens is 1. The van der Waals surface area contributed by atoms with Crippen molar-refractivity contribution >= 4 is 23.5 Å². The normalized spacial score (nSPS) is 16.6. The summed E-state index contributed by atoms with van der Waals surface area (Å²) in [6, 6.07) is 6.69. The topological polar surface area (TPSA) is 76.7 Å². The van der Waals surface area contributed by atoms with Crippen molar-refractivity contribution in [1.82, 2.24) is 10.6 Å². The fourth-order valence-corrected chi connectivity index (χ4v) is 1.64. The average molecular weight is 285 g/mol. The van der Waals surface area contributed by atoms with Crippen molar-refractivity contribution in [2.75, 3.05) is 19.0 Å². The Labute approximate surface area is 115 Å². The fraction of sp³-hybridized carbons (Fsp3) is 0.333. The van der Waals surface area contributed by atoms with Crippen molar-refractivity contribution in [3.05, 3.63) is 24.3 Å². The van der Waals surface area contributed by atoms with Crippen LogP contribution < -0.4 is 20.1 Å². The van der Waals surface area contributed by atoms with Gasteiger partial charge in [-0.25, -0.2) is 4.79 Å². The molecule has 1 aromatic carbocycles. The molecule has 1 heterocycles. The Morgan fingerprint density at radius 3 is 2.79 bits per heavy atom. The van der Waals surface area contributed by atoms with Crippen molar-refractivity contribution in [2.45, 2.75) is 6.10 Å². The third kappa shape index (κ3) is 3.75. The maximum absolute atomic E-state index is 11.3. The SMILES string of the molecule is O=C(CCl)NC(=O)NC[C@@H]1COc2ccccc2O1. The molecule has 0 spiro atoms. The Morgan fingerprint density at radius 1 is 1.32 bits per heavy atom. The molecule has 0 aromatic heterocycles. The third-order valence-electron chi connectivity index (χ3n) is 2.43. The van der Waals surface area contributed by atoms with Gasteiger partial charge < -0.3 is 14.8 Å². The molecule has 2 rings (SSSR count). The first-order valence-corrected chi connectivity index (χ1v) is 6.24. The second-order valence-corrected chi connectivity index (χ2v) is 4.16. The number of para-hydroxylation sites is 2. The van der Waals surface area contributed by atoms with Crippen molar-refractivity contribution in [3.63, 3.8) is 0 Å². The van der Waals surface area contributed by atoms with Crippen LogP contribution in [0, 0.1) is 0 Å². The molecule has 0 radical (unpaired) electrons. The fourth-order valence-electron chi connectivity index (χ4n) is 1.57. The zero-order valence-corrected chi connectivity index (χ0v) is 10.8. The molecule has 0 unspecified atom stereocenters. The molecule has 1 aliphatic rings. The second kappa shape index (κ2) is 6.29. The van der Waals surface area contributed by atoms with Crippen molar-refractivity contribution in [3.8, 4) is 11.5 Å². The molecular weight excluding hydrogens is 272 g/mol. The van der Waals surface area contributed by atoms with Crippen LogP contribution in [-0.4, -0.2) is 37.1 Å². The van der Waals surface area contributed by atoms with E-state index in [4.69, 9.17) is 21.1 Å². The van der Waals surface area contributed by atoms with E-state index in [1.165, 1.54) is 0 Å². The number of ether oxygens (including phenoxy) is 2. The Hall–Kier alpha value is -1.95. The predicted molar refractivity (Wildman–Crippen MR) is 68.6 cm³/mol. The van der Waals surface area contributed by atoms with Crippen molar-refractivity contribution in [1.29, 1.82) is 0 Å². The van der Waals surface area contributed by atoms with Crippen LogP contribution in [0.1, 0.15) is 0 Å². The predicted octanol–water partition coefficient (Wildman–Crippen LogP) is 0.891. The maximum atomic E-state index is 11.3. The molecule has 1 aromatic rings. The van der Waals surface area contributed by atoms with E-state index in [2.05, 4.69) is 10.6 Å². The van der Waals surface area contributed by atoms with E-state index in [0.29, 0.717) is 18.1 Å². The van der Waals surface area contributed by atoms with Crippen LogP contribution in [0.15, 0.2) is 24.3 Å². The minimum Gasteiger partial charge on any atom is -0.486 e. The number of carbonyl (C=O) groups is 2. The van der Waals surface area contributed by atoms with Crippen LogP contribution in [-0.2, 0) is 4.79 Å². The van der Waals surface area contributed by atoms with Crippen LogP contribution >= 0.6 is 11.6 Å². The number of hydrogen-bond acceptors (Lipinski definition) is 4. The third-order valence-corrected chi connectivity index (χ3v) is 2.67. The molecule has 19 heavy (non-hydrogen) atoms. The summed E-state index contributed by atoms with van der Waals surface area (Å²) in [5, 5.41) is 4.58. The zero-order chi connectivity index (χ0) is 13.7. The van der Waals surface area contributed by atoms with Gasteiger partial charge in [0.25, 0.3) is 0 Å². The number of rotatable bonds is 3. The molecule has 0 saturated heterocycles. The van der Waals surface area contributed by atoms with E-state index in [0.717, 1.165) is 0 Å². The number of amides is 3. The summed E-state index contributed by atoms with van der Waals surface area (Å²) >= 11 is 5.26. The molecule has 2 N–H and O–H groups in total. The molecule has 102 valence electrons. The summed E-state index contributed by atoms with van der Waals surface area (Å²) in [7, 11) is 0. The summed E-state index contributed by atoms with van der Waals surface area (Å²) in [6.07, 6.45) is -0.299. The van der Waals surface area contributed by atoms with Gasteiger partial charge in [-0.3, -0.25) is 10.1 Å². The van der Waals surface area contributed by atoms with Gasteiger partial charge in [0.15, 0.2) is 17.6 Å². The van der Waals surface area contributed by atoms with Gasteiger partial charge in [-0.05, 0) is 12.1 Å². The highest BCUT2D eigenvalue weighted by atomic mass is 35.5. The van der Waals surface area contributed by atoms with Crippen LogP contribution in [0.4, 0.5) is 4.79 Å². The Balaban J connectivity index is 1.79. The molecule has 7 heteroatoms. The van der Waals surface area contributed by atoms with Gasteiger partial charge in [-0.1, -0.05) is 12.1 Å². The first kappa shape index (κ1) is 13.5. The summed E-state index contributed by atoms with van der Waals surface area (Å²) < 4.78 is 11.1. The lowest BCUT2D eigenvalue weighted by atomic mass is 10.2. The van der Waals surface area contributed by atoms with Gasteiger partial charge >= 0.3 is 6.03 Å². The minimum absolute atomic E-state index is 0.232.